The van der Waals surface area contributed by atoms with Crippen molar-refractivity contribution in [3.8, 4) is 0 Å². The van der Waals surface area contributed by atoms with Crippen LogP contribution in [0.5, 0.6) is 0 Å². The first-order valence-electron chi connectivity index (χ1n) is 6.44. The monoisotopic (exact) mass is 286 g/mol. The molecule has 0 atom stereocenters. The average molecular weight is 287 g/mol. The summed E-state index contributed by atoms with van der Waals surface area (Å²) in [5.41, 5.74) is 3.12. The number of carbonyl (C=O) groups is 2. The SMILES string of the molecule is CCC(Cl)(c1ccc(C=O)cc1)c1ccc(C=O)cc1. The zero-order valence-corrected chi connectivity index (χ0v) is 11.9. The van der Waals surface area contributed by atoms with Gasteiger partial charge in [0.1, 0.15) is 12.6 Å². The van der Waals surface area contributed by atoms with Crippen LogP contribution < -0.4 is 0 Å². The van der Waals surface area contributed by atoms with Crippen molar-refractivity contribution in [3.05, 3.63) is 70.8 Å². The molecule has 3 heteroatoms. The number of halogens is 1. The number of alkyl halides is 1. The van der Waals surface area contributed by atoms with Crippen molar-refractivity contribution in [3.63, 3.8) is 0 Å². The third kappa shape index (κ3) is 2.66. The molecule has 0 heterocycles. The second kappa shape index (κ2) is 6.02. The third-order valence-corrected chi connectivity index (χ3v) is 4.20. The van der Waals surface area contributed by atoms with E-state index in [0.717, 1.165) is 23.7 Å². The molecular formula is C17H15ClO2. The quantitative estimate of drug-likeness (QED) is 0.610. The highest BCUT2D eigenvalue weighted by atomic mass is 35.5. The van der Waals surface area contributed by atoms with E-state index in [2.05, 4.69) is 0 Å². The Balaban J connectivity index is 2.44. The number of aldehydes is 2. The first-order valence-corrected chi connectivity index (χ1v) is 6.82. The smallest absolute Gasteiger partial charge is 0.150 e. The lowest BCUT2D eigenvalue weighted by Gasteiger charge is -2.27. The molecule has 0 spiro atoms. The molecule has 0 fully saturated rings. The van der Waals surface area contributed by atoms with Crippen LogP contribution in [0, 0.1) is 0 Å². The predicted molar refractivity (Wildman–Crippen MR) is 80.6 cm³/mol. The fourth-order valence-electron chi connectivity index (χ4n) is 2.23. The molecule has 0 bridgehead atoms. The molecule has 0 aliphatic rings. The summed E-state index contributed by atoms with van der Waals surface area (Å²) in [6, 6.07) is 14.5. The van der Waals surface area contributed by atoms with Crippen molar-refractivity contribution >= 4 is 24.2 Å². The maximum atomic E-state index is 10.7. The van der Waals surface area contributed by atoms with Crippen molar-refractivity contribution in [1.29, 1.82) is 0 Å². The van der Waals surface area contributed by atoms with Crippen LogP contribution in [0.2, 0.25) is 0 Å². The Morgan fingerprint density at radius 1 is 0.850 bits per heavy atom. The average Bonchev–Trinajstić information content (AvgIpc) is 2.54. The Morgan fingerprint density at radius 2 is 1.20 bits per heavy atom. The van der Waals surface area contributed by atoms with Gasteiger partial charge in [0.25, 0.3) is 0 Å². The van der Waals surface area contributed by atoms with E-state index in [0.29, 0.717) is 17.5 Å². The lowest BCUT2D eigenvalue weighted by Crippen LogP contribution is -2.19. The highest BCUT2D eigenvalue weighted by Gasteiger charge is 2.29. The minimum Gasteiger partial charge on any atom is -0.298 e. The van der Waals surface area contributed by atoms with Crippen LogP contribution in [0.1, 0.15) is 45.2 Å². The highest BCUT2D eigenvalue weighted by molar-refractivity contribution is 6.26. The molecule has 0 radical (unpaired) electrons. The standard InChI is InChI=1S/C17H15ClO2/c1-2-17(18,15-7-3-13(11-19)4-8-15)16-9-5-14(12-20)6-10-16/h3-12H,2H2,1H3. The summed E-state index contributed by atoms with van der Waals surface area (Å²) in [5, 5.41) is 0. The van der Waals surface area contributed by atoms with Crippen molar-refractivity contribution in [2.75, 3.05) is 0 Å². The molecule has 0 saturated carbocycles. The van der Waals surface area contributed by atoms with Gasteiger partial charge < -0.3 is 0 Å². The second-order valence-electron chi connectivity index (χ2n) is 4.63. The third-order valence-electron chi connectivity index (χ3n) is 3.50. The van der Waals surface area contributed by atoms with Gasteiger partial charge in [-0.1, -0.05) is 55.5 Å². The van der Waals surface area contributed by atoms with E-state index in [1.54, 1.807) is 24.3 Å². The lowest BCUT2D eigenvalue weighted by molar-refractivity contribution is 0.111. The molecule has 0 N–H and O–H groups in total. The maximum absolute atomic E-state index is 10.7. The summed E-state index contributed by atoms with van der Waals surface area (Å²) in [4.78, 5) is 20.8. The van der Waals surface area contributed by atoms with E-state index in [9.17, 15) is 9.59 Å². The Kier molecular flexibility index (Phi) is 4.35. The summed E-state index contributed by atoms with van der Waals surface area (Å²) >= 11 is 6.79. The summed E-state index contributed by atoms with van der Waals surface area (Å²) < 4.78 is 0. The molecule has 2 nitrogen and oxygen atoms in total. The zero-order valence-electron chi connectivity index (χ0n) is 11.2. The van der Waals surface area contributed by atoms with Crippen LogP contribution in [0.3, 0.4) is 0 Å². The largest absolute Gasteiger partial charge is 0.298 e. The predicted octanol–water partition coefficient (Wildman–Crippen LogP) is 4.20. The van der Waals surface area contributed by atoms with E-state index >= 15 is 0 Å². The van der Waals surface area contributed by atoms with Crippen molar-refractivity contribution in [2.24, 2.45) is 0 Å². The van der Waals surface area contributed by atoms with Gasteiger partial charge in [0.05, 0.1) is 4.87 Å². The fraction of sp³-hybridized carbons (Fsp3) is 0.176. The van der Waals surface area contributed by atoms with Gasteiger partial charge >= 0.3 is 0 Å². The number of rotatable bonds is 5. The number of hydrogen-bond acceptors (Lipinski definition) is 2. The molecule has 20 heavy (non-hydrogen) atoms. The van der Waals surface area contributed by atoms with Gasteiger partial charge in [-0.3, -0.25) is 9.59 Å². The Hall–Kier alpha value is -1.93. The second-order valence-corrected chi connectivity index (χ2v) is 5.28. The topological polar surface area (TPSA) is 34.1 Å². The molecule has 0 unspecified atom stereocenters. The van der Waals surface area contributed by atoms with Crippen molar-refractivity contribution < 1.29 is 9.59 Å². The Labute approximate surface area is 123 Å². The van der Waals surface area contributed by atoms with Gasteiger partial charge in [-0.05, 0) is 17.5 Å². The minimum absolute atomic E-state index is 0.625. The van der Waals surface area contributed by atoms with Crippen LogP contribution >= 0.6 is 11.6 Å². The van der Waals surface area contributed by atoms with Crippen LogP contribution in [0.4, 0.5) is 0 Å². The molecule has 0 aromatic heterocycles. The van der Waals surface area contributed by atoms with Crippen LogP contribution in [-0.4, -0.2) is 12.6 Å². The maximum Gasteiger partial charge on any atom is 0.150 e. The molecule has 102 valence electrons. The summed E-state index contributed by atoms with van der Waals surface area (Å²) in [6.07, 6.45) is 2.32. The number of carbonyl (C=O) groups excluding carboxylic acids is 2. The van der Waals surface area contributed by atoms with E-state index in [4.69, 9.17) is 11.6 Å². The first-order chi connectivity index (χ1) is 9.63. The Bertz CT molecular complexity index is 548. The van der Waals surface area contributed by atoms with Gasteiger partial charge in [0.15, 0.2) is 0 Å². The molecule has 0 amide bonds. The zero-order chi connectivity index (χ0) is 14.6. The van der Waals surface area contributed by atoms with Gasteiger partial charge in [-0.2, -0.15) is 0 Å². The Morgan fingerprint density at radius 3 is 1.45 bits per heavy atom. The van der Waals surface area contributed by atoms with Gasteiger partial charge in [-0.15, -0.1) is 11.6 Å². The number of benzene rings is 2. The lowest BCUT2D eigenvalue weighted by atomic mass is 9.87. The first kappa shape index (κ1) is 14.5. The van der Waals surface area contributed by atoms with E-state index in [-0.39, 0.29) is 0 Å². The fourth-order valence-corrected chi connectivity index (χ4v) is 2.48. The molecule has 0 saturated heterocycles. The van der Waals surface area contributed by atoms with Crippen molar-refractivity contribution in [1.82, 2.24) is 0 Å². The van der Waals surface area contributed by atoms with E-state index in [1.165, 1.54) is 0 Å². The molecule has 0 aliphatic heterocycles. The minimum atomic E-state index is -0.650. The normalized spacial score (nSPS) is 11.1. The van der Waals surface area contributed by atoms with Crippen LogP contribution in [-0.2, 0) is 4.87 Å². The van der Waals surface area contributed by atoms with Crippen LogP contribution in [0.25, 0.3) is 0 Å². The summed E-state index contributed by atoms with van der Waals surface area (Å²) in [7, 11) is 0. The molecule has 0 aliphatic carbocycles. The summed E-state index contributed by atoms with van der Waals surface area (Å²) in [6.45, 7) is 2.01. The van der Waals surface area contributed by atoms with Crippen molar-refractivity contribution in [2.45, 2.75) is 18.2 Å². The van der Waals surface area contributed by atoms with E-state index in [1.807, 2.05) is 31.2 Å². The molecule has 2 aromatic rings. The highest BCUT2D eigenvalue weighted by Crippen LogP contribution is 2.39. The summed E-state index contributed by atoms with van der Waals surface area (Å²) in [5.74, 6) is 0. The molecular weight excluding hydrogens is 272 g/mol. The van der Waals surface area contributed by atoms with Gasteiger partial charge in [0, 0.05) is 11.1 Å². The van der Waals surface area contributed by atoms with Crippen LogP contribution in [0.15, 0.2) is 48.5 Å². The van der Waals surface area contributed by atoms with E-state index < -0.39 is 4.87 Å². The van der Waals surface area contributed by atoms with Gasteiger partial charge in [0.2, 0.25) is 0 Å². The number of hydrogen-bond donors (Lipinski definition) is 0. The molecule has 2 aromatic carbocycles. The molecule has 2 rings (SSSR count). The van der Waals surface area contributed by atoms with Gasteiger partial charge in [-0.25, -0.2) is 0 Å².